The van der Waals surface area contributed by atoms with Gasteiger partial charge in [0.1, 0.15) is 0 Å². The van der Waals surface area contributed by atoms with Gasteiger partial charge in [-0.25, -0.2) is 0 Å². The molecule has 3 unspecified atom stereocenters. The Morgan fingerprint density at radius 2 is 2.20 bits per heavy atom. The molecule has 20 heavy (non-hydrogen) atoms. The molecule has 2 aliphatic rings. The highest BCUT2D eigenvalue weighted by molar-refractivity contribution is 7.12. The van der Waals surface area contributed by atoms with Crippen LogP contribution in [0.4, 0.5) is 0 Å². The number of nitrogens with zero attached hydrogens (tertiary/aromatic N) is 1. The molecule has 0 bridgehead atoms. The first-order valence-corrected chi connectivity index (χ1v) is 9.19. The van der Waals surface area contributed by atoms with Crippen molar-refractivity contribution in [3.05, 3.63) is 21.9 Å². The van der Waals surface area contributed by atoms with Gasteiger partial charge in [0.2, 0.25) is 0 Å². The zero-order valence-corrected chi connectivity index (χ0v) is 13.7. The Balaban J connectivity index is 1.74. The third-order valence-corrected chi connectivity index (χ3v) is 6.50. The molecule has 3 heterocycles. The van der Waals surface area contributed by atoms with E-state index < -0.39 is 0 Å². The maximum atomic E-state index is 3.74. The summed E-state index contributed by atoms with van der Waals surface area (Å²) in [6.07, 6.45) is 8.08. The van der Waals surface area contributed by atoms with Crippen LogP contribution in [0.15, 0.2) is 12.1 Å². The van der Waals surface area contributed by atoms with Crippen molar-refractivity contribution in [1.82, 2.24) is 10.2 Å². The monoisotopic (exact) mass is 292 g/mol. The molecule has 0 saturated carbocycles. The van der Waals surface area contributed by atoms with E-state index in [4.69, 9.17) is 0 Å². The quantitative estimate of drug-likeness (QED) is 0.903. The van der Waals surface area contributed by atoms with Crippen molar-refractivity contribution in [2.75, 3.05) is 13.1 Å². The van der Waals surface area contributed by atoms with E-state index in [1.807, 2.05) is 11.3 Å². The molecule has 3 atom stereocenters. The minimum atomic E-state index is 0.591. The second-order valence-corrected chi connectivity index (χ2v) is 7.54. The molecule has 1 N–H and O–H groups in total. The standard InChI is InChI=1S/C17H28N2S/c1-3-14-9-10-17(20-14)13(2)19-12-5-4-8-16(19)15-7-6-11-18-15/h9-10,13,15-16,18H,3-8,11-12H2,1-2H3. The van der Waals surface area contributed by atoms with Crippen LogP contribution in [-0.4, -0.2) is 30.1 Å². The van der Waals surface area contributed by atoms with Crippen molar-refractivity contribution in [3.63, 3.8) is 0 Å². The van der Waals surface area contributed by atoms with E-state index in [0.717, 1.165) is 12.1 Å². The average Bonchev–Trinajstić information content (AvgIpc) is 3.17. The number of hydrogen-bond donors (Lipinski definition) is 1. The Bertz CT molecular complexity index is 422. The van der Waals surface area contributed by atoms with Crippen LogP contribution < -0.4 is 5.32 Å². The highest BCUT2D eigenvalue weighted by atomic mass is 32.1. The summed E-state index contributed by atoms with van der Waals surface area (Å²) in [5.41, 5.74) is 0. The summed E-state index contributed by atoms with van der Waals surface area (Å²) in [6.45, 7) is 7.18. The second-order valence-electron chi connectivity index (χ2n) is 6.34. The molecular weight excluding hydrogens is 264 g/mol. The fourth-order valence-corrected chi connectivity index (χ4v) is 4.93. The van der Waals surface area contributed by atoms with Crippen LogP contribution in [0.25, 0.3) is 0 Å². The lowest BCUT2D eigenvalue weighted by Crippen LogP contribution is -2.50. The smallest absolute Gasteiger partial charge is 0.0416 e. The van der Waals surface area contributed by atoms with Gasteiger partial charge in [-0.3, -0.25) is 4.90 Å². The molecule has 1 aromatic heterocycles. The van der Waals surface area contributed by atoms with E-state index in [-0.39, 0.29) is 0 Å². The van der Waals surface area contributed by atoms with Crippen LogP contribution in [0, 0.1) is 0 Å². The molecule has 0 aromatic carbocycles. The Labute approximate surface area is 127 Å². The molecule has 112 valence electrons. The van der Waals surface area contributed by atoms with Crippen LogP contribution in [0.2, 0.25) is 0 Å². The minimum absolute atomic E-state index is 0.591. The summed E-state index contributed by atoms with van der Waals surface area (Å²) in [5, 5.41) is 3.74. The van der Waals surface area contributed by atoms with Gasteiger partial charge in [-0.15, -0.1) is 11.3 Å². The van der Waals surface area contributed by atoms with E-state index in [1.54, 1.807) is 4.88 Å². The minimum Gasteiger partial charge on any atom is -0.312 e. The van der Waals surface area contributed by atoms with Gasteiger partial charge in [0.25, 0.3) is 0 Å². The Morgan fingerprint density at radius 3 is 2.90 bits per heavy atom. The average molecular weight is 292 g/mol. The van der Waals surface area contributed by atoms with Gasteiger partial charge in [0.05, 0.1) is 0 Å². The van der Waals surface area contributed by atoms with E-state index in [2.05, 4.69) is 36.2 Å². The van der Waals surface area contributed by atoms with Crippen LogP contribution in [0.5, 0.6) is 0 Å². The second kappa shape index (κ2) is 6.59. The zero-order chi connectivity index (χ0) is 13.9. The lowest BCUT2D eigenvalue weighted by atomic mass is 9.93. The van der Waals surface area contributed by atoms with Gasteiger partial charge in [0, 0.05) is 27.9 Å². The van der Waals surface area contributed by atoms with Crippen molar-refractivity contribution in [2.45, 2.75) is 70.5 Å². The van der Waals surface area contributed by atoms with Crippen molar-refractivity contribution >= 4 is 11.3 Å². The van der Waals surface area contributed by atoms with Crippen LogP contribution in [0.3, 0.4) is 0 Å². The number of likely N-dealkylation sites (tertiary alicyclic amines) is 1. The number of aryl methyl sites for hydroxylation is 1. The lowest BCUT2D eigenvalue weighted by molar-refractivity contribution is 0.0818. The van der Waals surface area contributed by atoms with Crippen molar-refractivity contribution in [3.8, 4) is 0 Å². The normalized spacial score (nSPS) is 29.7. The molecule has 0 radical (unpaired) electrons. The molecule has 0 spiro atoms. The molecule has 0 amide bonds. The lowest BCUT2D eigenvalue weighted by Gasteiger charge is -2.42. The number of thiophene rings is 1. The van der Waals surface area contributed by atoms with Gasteiger partial charge in [0.15, 0.2) is 0 Å². The molecule has 3 rings (SSSR count). The number of hydrogen-bond acceptors (Lipinski definition) is 3. The molecular formula is C17H28N2S. The first-order valence-electron chi connectivity index (χ1n) is 8.37. The third kappa shape index (κ3) is 2.95. The molecule has 0 aliphatic carbocycles. The first-order chi connectivity index (χ1) is 9.79. The predicted octanol–water partition coefficient (Wildman–Crippen LogP) is 3.98. The summed E-state index contributed by atoms with van der Waals surface area (Å²) in [5.74, 6) is 0. The summed E-state index contributed by atoms with van der Waals surface area (Å²) in [6, 6.07) is 6.77. The number of nitrogens with one attached hydrogen (secondary N) is 1. The first kappa shape index (κ1) is 14.6. The zero-order valence-electron chi connectivity index (χ0n) is 12.9. The van der Waals surface area contributed by atoms with Crippen LogP contribution in [0.1, 0.15) is 61.7 Å². The Morgan fingerprint density at radius 1 is 1.30 bits per heavy atom. The Hall–Kier alpha value is -0.380. The molecule has 1 aromatic rings. The largest absolute Gasteiger partial charge is 0.312 e. The highest BCUT2D eigenvalue weighted by Gasteiger charge is 2.34. The molecule has 3 heteroatoms. The van der Waals surface area contributed by atoms with Crippen molar-refractivity contribution in [2.24, 2.45) is 0 Å². The summed E-state index contributed by atoms with van der Waals surface area (Å²) < 4.78 is 0. The SMILES string of the molecule is CCc1ccc(C(C)N2CCCCC2C2CCCN2)s1. The summed E-state index contributed by atoms with van der Waals surface area (Å²) >= 11 is 2.02. The molecule has 2 nitrogen and oxygen atoms in total. The fourth-order valence-electron chi connectivity index (χ4n) is 3.91. The van der Waals surface area contributed by atoms with E-state index >= 15 is 0 Å². The summed E-state index contributed by atoms with van der Waals surface area (Å²) in [4.78, 5) is 5.88. The third-order valence-electron chi connectivity index (χ3n) is 5.10. The maximum Gasteiger partial charge on any atom is 0.0416 e. The van der Waals surface area contributed by atoms with E-state index in [9.17, 15) is 0 Å². The highest BCUT2D eigenvalue weighted by Crippen LogP contribution is 2.34. The van der Waals surface area contributed by atoms with Crippen LogP contribution in [-0.2, 0) is 6.42 Å². The van der Waals surface area contributed by atoms with Gasteiger partial charge in [-0.05, 0) is 64.3 Å². The van der Waals surface area contributed by atoms with Gasteiger partial charge < -0.3 is 5.32 Å². The molecule has 2 fully saturated rings. The number of rotatable bonds is 4. The molecule has 2 saturated heterocycles. The van der Waals surface area contributed by atoms with Gasteiger partial charge in [-0.2, -0.15) is 0 Å². The van der Waals surface area contributed by atoms with Gasteiger partial charge in [-0.1, -0.05) is 13.3 Å². The van der Waals surface area contributed by atoms with E-state index in [0.29, 0.717) is 6.04 Å². The fraction of sp³-hybridized carbons (Fsp3) is 0.765. The van der Waals surface area contributed by atoms with Crippen LogP contribution >= 0.6 is 11.3 Å². The topological polar surface area (TPSA) is 15.3 Å². The van der Waals surface area contributed by atoms with Crippen molar-refractivity contribution < 1.29 is 0 Å². The van der Waals surface area contributed by atoms with Crippen molar-refractivity contribution in [1.29, 1.82) is 0 Å². The number of piperidine rings is 1. The van der Waals surface area contributed by atoms with E-state index in [1.165, 1.54) is 56.5 Å². The predicted molar refractivity (Wildman–Crippen MR) is 87.5 cm³/mol. The molecule has 2 aliphatic heterocycles. The maximum absolute atomic E-state index is 3.74. The van der Waals surface area contributed by atoms with Gasteiger partial charge >= 0.3 is 0 Å². The summed E-state index contributed by atoms with van der Waals surface area (Å²) in [7, 11) is 0. The Kier molecular flexibility index (Phi) is 4.79.